The smallest absolute Gasteiger partial charge is 0.335 e. The number of halogens is 1. The fourth-order valence-electron chi connectivity index (χ4n) is 1.91. The Bertz CT molecular complexity index is 637. The number of anilines is 1. The van der Waals surface area contributed by atoms with Gasteiger partial charge in [0.15, 0.2) is 0 Å². The molecule has 0 bridgehead atoms. The minimum absolute atomic E-state index is 0.253. The van der Waals surface area contributed by atoms with Gasteiger partial charge in [-0.1, -0.05) is 15.9 Å². The van der Waals surface area contributed by atoms with Crippen LogP contribution < -0.4 is 5.32 Å². The first-order valence-corrected chi connectivity index (χ1v) is 7.09. The Balaban J connectivity index is 2.14. The zero-order valence-electron chi connectivity index (χ0n) is 11.4. The third-order valence-electron chi connectivity index (χ3n) is 3.00. The quantitative estimate of drug-likeness (QED) is 0.878. The van der Waals surface area contributed by atoms with Crippen LogP contribution in [0, 0.1) is 6.92 Å². The molecule has 0 aliphatic rings. The first kappa shape index (κ1) is 14.6. The zero-order valence-corrected chi connectivity index (χ0v) is 12.9. The van der Waals surface area contributed by atoms with Crippen LogP contribution >= 0.6 is 15.9 Å². The largest absolute Gasteiger partial charge is 0.478 e. The number of nitrogens with one attached hydrogen (secondary N) is 1. The summed E-state index contributed by atoms with van der Waals surface area (Å²) in [6.45, 7) is 5.45. The normalized spacial score (nSPS) is 10.6. The monoisotopic (exact) mass is 337 g/mol. The van der Waals surface area contributed by atoms with Crippen LogP contribution in [0.5, 0.6) is 0 Å². The maximum absolute atomic E-state index is 11.0. The lowest BCUT2D eigenvalue weighted by atomic mass is 10.2. The van der Waals surface area contributed by atoms with Crippen LogP contribution in [-0.2, 0) is 13.1 Å². The van der Waals surface area contributed by atoms with Gasteiger partial charge in [0, 0.05) is 35.0 Å². The molecule has 0 aliphatic heterocycles. The van der Waals surface area contributed by atoms with Gasteiger partial charge in [-0.05, 0) is 32.0 Å². The molecular formula is C14H16BrN3O2. The number of aromatic nitrogens is 2. The Hall–Kier alpha value is -1.82. The molecule has 5 nitrogen and oxygen atoms in total. The highest BCUT2D eigenvalue weighted by atomic mass is 79.9. The molecule has 6 heteroatoms. The number of aryl methyl sites for hydroxylation is 2. The van der Waals surface area contributed by atoms with E-state index in [1.54, 1.807) is 12.1 Å². The van der Waals surface area contributed by atoms with E-state index in [-0.39, 0.29) is 5.56 Å². The van der Waals surface area contributed by atoms with Crippen molar-refractivity contribution in [3.05, 3.63) is 45.7 Å². The Morgan fingerprint density at radius 3 is 2.80 bits per heavy atom. The van der Waals surface area contributed by atoms with Gasteiger partial charge in [0.25, 0.3) is 0 Å². The van der Waals surface area contributed by atoms with Crippen molar-refractivity contribution in [2.24, 2.45) is 0 Å². The molecule has 0 saturated carbocycles. The summed E-state index contributed by atoms with van der Waals surface area (Å²) in [5.74, 6) is -0.940. The van der Waals surface area contributed by atoms with Gasteiger partial charge in [-0.25, -0.2) is 4.79 Å². The third kappa shape index (κ3) is 3.39. The van der Waals surface area contributed by atoms with Crippen molar-refractivity contribution in [2.45, 2.75) is 26.9 Å². The number of aromatic carboxylic acids is 1. The standard InChI is InChI=1S/C14H16BrN3O2/c1-3-18-8-11(9(2)17-18)7-16-13-5-10(14(19)20)4-12(15)6-13/h4-6,8,16H,3,7H2,1-2H3,(H,19,20). The molecular weight excluding hydrogens is 322 g/mol. The van der Waals surface area contributed by atoms with E-state index in [1.807, 2.05) is 30.8 Å². The lowest BCUT2D eigenvalue weighted by Crippen LogP contribution is -2.02. The summed E-state index contributed by atoms with van der Waals surface area (Å²) >= 11 is 3.32. The van der Waals surface area contributed by atoms with Crippen LogP contribution in [0.25, 0.3) is 0 Å². The number of carboxylic acid groups (broad SMARTS) is 1. The van der Waals surface area contributed by atoms with E-state index in [0.29, 0.717) is 6.54 Å². The summed E-state index contributed by atoms with van der Waals surface area (Å²) in [7, 11) is 0. The summed E-state index contributed by atoms with van der Waals surface area (Å²) in [5, 5.41) is 16.6. The molecule has 2 N–H and O–H groups in total. The van der Waals surface area contributed by atoms with Gasteiger partial charge in [0.2, 0.25) is 0 Å². The molecule has 1 aromatic heterocycles. The van der Waals surface area contributed by atoms with Crippen LogP contribution in [0.3, 0.4) is 0 Å². The van der Waals surface area contributed by atoms with Gasteiger partial charge in [-0.3, -0.25) is 4.68 Å². The van der Waals surface area contributed by atoms with Gasteiger partial charge in [-0.2, -0.15) is 5.10 Å². The molecule has 106 valence electrons. The van der Waals surface area contributed by atoms with Crippen molar-refractivity contribution in [3.63, 3.8) is 0 Å². The molecule has 0 atom stereocenters. The van der Waals surface area contributed by atoms with Gasteiger partial charge < -0.3 is 10.4 Å². The molecule has 0 amide bonds. The average molecular weight is 338 g/mol. The molecule has 0 spiro atoms. The molecule has 2 rings (SSSR count). The van der Waals surface area contributed by atoms with Crippen molar-refractivity contribution < 1.29 is 9.90 Å². The van der Waals surface area contributed by atoms with E-state index in [2.05, 4.69) is 26.3 Å². The molecule has 0 radical (unpaired) electrons. The second-order valence-corrected chi connectivity index (χ2v) is 5.40. The van der Waals surface area contributed by atoms with E-state index < -0.39 is 5.97 Å². The minimum Gasteiger partial charge on any atom is -0.478 e. The van der Waals surface area contributed by atoms with Crippen LogP contribution in [0.2, 0.25) is 0 Å². The summed E-state index contributed by atoms with van der Waals surface area (Å²) in [4.78, 5) is 11.0. The molecule has 1 aromatic carbocycles. The second kappa shape index (κ2) is 6.09. The maximum Gasteiger partial charge on any atom is 0.335 e. The Labute approximate surface area is 125 Å². The predicted octanol–water partition coefficient (Wildman–Crippen LogP) is 3.28. The third-order valence-corrected chi connectivity index (χ3v) is 3.46. The molecule has 20 heavy (non-hydrogen) atoms. The van der Waals surface area contributed by atoms with Gasteiger partial charge in [0.1, 0.15) is 0 Å². The SMILES string of the molecule is CCn1cc(CNc2cc(Br)cc(C(=O)O)c2)c(C)n1. The fraction of sp³-hybridized carbons (Fsp3) is 0.286. The highest BCUT2D eigenvalue weighted by Crippen LogP contribution is 2.20. The van der Waals surface area contributed by atoms with E-state index in [1.165, 1.54) is 0 Å². The number of nitrogens with zero attached hydrogens (tertiary/aromatic N) is 2. The first-order valence-electron chi connectivity index (χ1n) is 6.30. The van der Waals surface area contributed by atoms with Crippen molar-refractivity contribution in [1.82, 2.24) is 9.78 Å². The lowest BCUT2D eigenvalue weighted by molar-refractivity contribution is 0.0697. The second-order valence-electron chi connectivity index (χ2n) is 4.48. The summed E-state index contributed by atoms with van der Waals surface area (Å²) in [6, 6.07) is 5.05. The average Bonchev–Trinajstić information content (AvgIpc) is 2.76. The Kier molecular flexibility index (Phi) is 4.44. The number of hydrogen-bond acceptors (Lipinski definition) is 3. The van der Waals surface area contributed by atoms with Crippen LogP contribution in [0.4, 0.5) is 5.69 Å². The number of rotatable bonds is 5. The highest BCUT2D eigenvalue weighted by Gasteiger charge is 2.07. The van der Waals surface area contributed by atoms with Crippen molar-refractivity contribution in [1.29, 1.82) is 0 Å². The molecule has 0 unspecified atom stereocenters. The van der Waals surface area contributed by atoms with Gasteiger partial charge in [-0.15, -0.1) is 0 Å². The lowest BCUT2D eigenvalue weighted by Gasteiger charge is -2.07. The van der Waals surface area contributed by atoms with E-state index in [0.717, 1.165) is 28.0 Å². The summed E-state index contributed by atoms with van der Waals surface area (Å²) in [5.41, 5.74) is 3.10. The van der Waals surface area contributed by atoms with Gasteiger partial charge >= 0.3 is 5.97 Å². The number of benzene rings is 1. The highest BCUT2D eigenvalue weighted by molar-refractivity contribution is 9.10. The van der Waals surface area contributed by atoms with Crippen LogP contribution in [0.15, 0.2) is 28.9 Å². The van der Waals surface area contributed by atoms with E-state index >= 15 is 0 Å². The van der Waals surface area contributed by atoms with Crippen LogP contribution in [0.1, 0.15) is 28.5 Å². The molecule has 1 heterocycles. The maximum atomic E-state index is 11.0. The summed E-state index contributed by atoms with van der Waals surface area (Å²) < 4.78 is 2.62. The van der Waals surface area contributed by atoms with Gasteiger partial charge in [0.05, 0.1) is 11.3 Å². The molecule has 0 fully saturated rings. The van der Waals surface area contributed by atoms with Crippen molar-refractivity contribution in [2.75, 3.05) is 5.32 Å². The Morgan fingerprint density at radius 1 is 1.45 bits per heavy atom. The topological polar surface area (TPSA) is 67.2 Å². The summed E-state index contributed by atoms with van der Waals surface area (Å²) in [6.07, 6.45) is 2.00. The number of carboxylic acids is 1. The number of carbonyl (C=O) groups is 1. The minimum atomic E-state index is -0.940. The zero-order chi connectivity index (χ0) is 14.7. The van der Waals surface area contributed by atoms with Crippen molar-refractivity contribution in [3.8, 4) is 0 Å². The molecule has 0 aliphatic carbocycles. The predicted molar refractivity (Wildman–Crippen MR) is 81.1 cm³/mol. The molecule has 2 aromatic rings. The number of hydrogen-bond donors (Lipinski definition) is 2. The Morgan fingerprint density at radius 2 is 2.20 bits per heavy atom. The van der Waals surface area contributed by atoms with Crippen molar-refractivity contribution >= 4 is 27.6 Å². The molecule has 0 saturated heterocycles. The van der Waals surface area contributed by atoms with E-state index in [4.69, 9.17) is 5.11 Å². The van der Waals surface area contributed by atoms with E-state index in [9.17, 15) is 4.79 Å². The fourth-order valence-corrected chi connectivity index (χ4v) is 2.40. The first-order chi connectivity index (χ1) is 9.49. The van der Waals surface area contributed by atoms with Crippen LogP contribution in [-0.4, -0.2) is 20.9 Å².